The van der Waals surface area contributed by atoms with E-state index in [9.17, 15) is 17.2 Å². The van der Waals surface area contributed by atoms with E-state index in [0.29, 0.717) is 0 Å². The third kappa shape index (κ3) is 2.97. The van der Waals surface area contributed by atoms with Gasteiger partial charge < -0.3 is 5.73 Å². The molecule has 1 aromatic rings. The second kappa shape index (κ2) is 5.19. The predicted octanol–water partition coefficient (Wildman–Crippen LogP) is 1.87. The fourth-order valence-corrected chi connectivity index (χ4v) is 2.68. The molecule has 0 saturated heterocycles. The van der Waals surface area contributed by atoms with E-state index in [1.807, 2.05) is 13.8 Å². The molecular weight excluding hydrogens is 262 g/mol. The summed E-state index contributed by atoms with van der Waals surface area (Å²) in [4.78, 5) is -0.645. The molecule has 0 spiro atoms. The average Bonchev–Trinajstić information content (AvgIpc) is 2.24. The van der Waals surface area contributed by atoms with Crippen LogP contribution in [0.2, 0.25) is 0 Å². The van der Waals surface area contributed by atoms with Gasteiger partial charge in [-0.05, 0) is 25.0 Å². The van der Waals surface area contributed by atoms with Crippen molar-refractivity contribution in [3.05, 3.63) is 23.8 Å². The van der Waals surface area contributed by atoms with E-state index in [2.05, 4.69) is 4.72 Å². The Kier molecular flexibility index (Phi) is 4.28. The van der Waals surface area contributed by atoms with Gasteiger partial charge in [-0.2, -0.15) is 0 Å². The van der Waals surface area contributed by atoms with Gasteiger partial charge in [0.2, 0.25) is 10.0 Å². The number of anilines is 1. The van der Waals surface area contributed by atoms with Crippen LogP contribution in [0.3, 0.4) is 0 Å². The maximum absolute atomic E-state index is 13.6. The Labute approximate surface area is 105 Å². The first-order valence-electron chi connectivity index (χ1n) is 5.42. The molecule has 0 fully saturated rings. The Bertz CT molecular complexity index is 544. The van der Waals surface area contributed by atoms with Crippen LogP contribution in [0.5, 0.6) is 0 Å². The molecule has 0 radical (unpaired) electrons. The summed E-state index contributed by atoms with van der Waals surface area (Å²) in [5.74, 6) is -2.21. The Hall–Kier alpha value is -1.21. The van der Waals surface area contributed by atoms with Gasteiger partial charge in [0.25, 0.3) is 0 Å². The monoisotopic (exact) mass is 278 g/mol. The summed E-state index contributed by atoms with van der Waals surface area (Å²) in [6.07, 6.45) is 0. The van der Waals surface area contributed by atoms with E-state index in [1.165, 1.54) is 0 Å². The van der Waals surface area contributed by atoms with Gasteiger partial charge in [-0.3, -0.25) is 0 Å². The molecule has 3 N–H and O–H groups in total. The molecule has 7 heteroatoms. The highest BCUT2D eigenvalue weighted by Gasteiger charge is 2.24. The number of nitrogen functional groups attached to an aromatic ring is 1. The lowest BCUT2D eigenvalue weighted by Gasteiger charge is -2.18. The molecule has 102 valence electrons. The zero-order valence-corrected chi connectivity index (χ0v) is 11.2. The lowest BCUT2D eigenvalue weighted by molar-refractivity contribution is 0.473. The maximum atomic E-state index is 13.6. The highest BCUT2D eigenvalue weighted by atomic mass is 32.2. The third-order valence-corrected chi connectivity index (χ3v) is 4.30. The summed E-state index contributed by atoms with van der Waals surface area (Å²) in [7, 11) is -4.05. The van der Waals surface area contributed by atoms with Crippen molar-refractivity contribution in [2.45, 2.75) is 31.7 Å². The first kappa shape index (κ1) is 14.8. The number of benzene rings is 1. The van der Waals surface area contributed by atoms with Crippen LogP contribution in [-0.2, 0) is 10.0 Å². The van der Waals surface area contributed by atoms with Gasteiger partial charge in [-0.1, -0.05) is 13.8 Å². The molecule has 1 unspecified atom stereocenters. The van der Waals surface area contributed by atoms with Gasteiger partial charge >= 0.3 is 0 Å². The van der Waals surface area contributed by atoms with Crippen LogP contribution in [0.25, 0.3) is 0 Å². The minimum Gasteiger partial charge on any atom is -0.394 e. The van der Waals surface area contributed by atoms with Crippen molar-refractivity contribution in [2.24, 2.45) is 5.92 Å². The summed E-state index contributed by atoms with van der Waals surface area (Å²) >= 11 is 0. The van der Waals surface area contributed by atoms with E-state index in [-0.39, 0.29) is 12.0 Å². The zero-order valence-electron chi connectivity index (χ0n) is 10.4. The van der Waals surface area contributed by atoms with Crippen LogP contribution < -0.4 is 10.5 Å². The molecule has 0 saturated carbocycles. The van der Waals surface area contributed by atoms with Crippen molar-refractivity contribution in [2.75, 3.05) is 5.73 Å². The lowest BCUT2D eigenvalue weighted by Crippen LogP contribution is -2.36. The molecule has 1 aromatic carbocycles. The van der Waals surface area contributed by atoms with Crippen LogP contribution in [0.4, 0.5) is 14.5 Å². The molecular formula is C11H16F2N2O2S. The van der Waals surface area contributed by atoms with Crippen LogP contribution in [-0.4, -0.2) is 14.5 Å². The molecule has 0 aromatic heterocycles. The maximum Gasteiger partial charge on any atom is 0.243 e. The quantitative estimate of drug-likeness (QED) is 0.826. The Morgan fingerprint density at radius 2 is 1.78 bits per heavy atom. The number of rotatable bonds is 4. The first-order valence-corrected chi connectivity index (χ1v) is 6.91. The van der Waals surface area contributed by atoms with Crippen molar-refractivity contribution in [1.82, 2.24) is 4.72 Å². The predicted molar refractivity (Wildman–Crippen MR) is 65.4 cm³/mol. The van der Waals surface area contributed by atoms with Gasteiger partial charge in [0.1, 0.15) is 16.4 Å². The standard InChI is InChI=1S/C11H16F2N2O2S/c1-6(2)7(3)15-18(16,17)9-5-4-8(12)11(14)10(9)13/h4-7,15H,14H2,1-3H3. The van der Waals surface area contributed by atoms with Gasteiger partial charge in [-0.25, -0.2) is 21.9 Å². The smallest absolute Gasteiger partial charge is 0.243 e. The Balaban J connectivity index is 3.18. The molecule has 0 amide bonds. The van der Waals surface area contributed by atoms with Gasteiger partial charge in [0.05, 0.1) is 0 Å². The second-order valence-electron chi connectivity index (χ2n) is 4.43. The van der Waals surface area contributed by atoms with Crippen molar-refractivity contribution in [1.29, 1.82) is 0 Å². The summed E-state index contributed by atoms with van der Waals surface area (Å²) < 4.78 is 52.7. The van der Waals surface area contributed by atoms with E-state index < -0.39 is 32.2 Å². The molecule has 0 aliphatic rings. The summed E-state index contributed by atoms with van der Waals surface area (Å²) in [6.45, 7) is 5.30. The van der Waals surface area contributed by atoms with Crippen LogP contribution in [0.15, 0.2) is 17.0 Å². The van der Waals surface area contributed by atoms with E-state index in [1.54, 1.807) is 6.92 Å². The fourth-order valence-electron chi connectivity index (χ4n) is 1.20. The molecule has 18 heavy (non-hydrogen) atoms. The summed E-state index contributed by atoms with van der Waals surface area (Å²) in [5, 5.41) is 0. The molecule has 0 aliphatic carbocycles. The highest BCUT2D eigenvalue weighted by Crippen LogP contribution is 2.23. The number of halogens is 2. The molecule has 1 rings (SSSR count). The molecule has 0 heterocycles. The number of hydrogen-bond donors (Lipinski definition) is 2. The summed E-state index contributed by atoms with van der Waals surface area (Å²) in [6, 6.07) is 1.31. The van der Waals surface area contributed by atoms with Gasteiger partial charge in [0, 0.05) is 6.04 Å². The molecule has 0 aliphatic heterocycles. The number of nitrogens with one attached hydrogen (secondary N) is 1. The van der Waals surface area contributed by atoms with E-state index in [0.717, 1.165) is 12.1 Å². The van der Waals surface area contributed by atoms with Crippen molar-refractivity contribution in [3.63, 3.8) is 0 Å². The first-order chi connectivity index (χ1) is 8.16. The van der Waals surface area contributed by atoms with Crippen molar-refractivity contribution < 1.29 is 17.2 Å². The van der Waals surface area contributed by atoms with Gasteiger partial charge in [0.15, 0.2) is 5.82 Å². The third-order valence-electron chi connectivity index (χ3n) is 2.72. The second-order valence-corrected chi connectivity index (χ2v) is 6.11. The van der Waals surface area contributed by atoms with Crippen LogP contribution >= 0.6 is 0 Å². The van der Waals surface area contributed by atoms with E-state index >= 15 is 0 Å². The topological polar surface area (TPSA) is 72.2 Å². The minimum absolute atomic E-state index is 0.0423. The van der Waals surface area contributed by atoms with E-state index in [4.69, 9.17) is 5.73 Å². The normalized spacial score (nSPS) is 13.9. The highest BCUT2D eigenvalue weighted by molar-refractivity contribution is 7.89. The lowest BCUT2D eigenvalue weighted by atomic mass is 10.1. The fraction of sp³-hybridized carbons (Fsp3) is 0.455. The number of hydrogen-bond acceptors (Lipinski definition) is 3. The van der Waals surface area contributed by atoms with Crippen molar-refractivity contribution in [3.8, 4) is 0 Å². The molecule has 0 bridgehead atoms. The molecule has 1 atom stereocenters. The van der Waals surface area contributed by atoms with Crippen LogP contribution in [0, 0.1) is 17.6 Å². The average molecular weight is 278 g/mol. The van der Waals surface area contributed by atoms with Gasteiger partial charge in [-0.15, -0.1) is 0 Å². The van der Waals surface area contributed by atoms with Crippen molar-refractivity contribution >= 4 is 15.7 Å². The Morgan fingerprint density at radius 3 is 2.28 bits per heavy atom. The van der Waals surface area contributed by atoms with Crippen LogP contribution in [0.1, 0.15) is 20.8 Å². The number of nitrogens with two attached hydrogens (primary N) is 1. The minimum atomic E-state index is -4.05. The Morgan fingerprint density at radius 1 is 1.22 bits per heavy atom. The number of sulfonamides is 1. The summed E-state index contributed by atoms with van der Waals surface area (Å²) in [5.41, 5.74) is 4.33. The SMILES string of the molecule is CC(C)C(C)NS(=O)(=O)c1ccc(F)c(N)c1F. The zero-order chi connectivity index (χ0) is 14.1. The largest absolute Gasteiger partial charge is 0.394 e. The molecule has 4 nitrogen and oxygen atoms in total.